The number of rotatable bonds is 5. The maximum atomic E-state index is 13.3. The van der Waals surface area contributed by atoms with Crippen LogP contribution in [0.1, 0.15) is 5.76 Å². The Kier molecular flexibility index (Phi) is 3.80. The average Bonchev–Trinajstić information content (AvgIpc) is 3.48. The second-order valence-electron chi connectivity index (χ2n) is 7.32. The second-order valence-corrected chi connectivity index (χ2v) is 7.32. The highest BCUT2D eigenvalue weighted by Crippen LogP contribution is 2.52. The lowest BCUT2D eigenvalue weighted by Crippen LogP contribution is -2.43. The van der Waals surface area contributed by atoms with Gasteiger partial charge in [-0.3, -0.25) is 9.59 Å². The number of benzene rings is 1. The van der Waals surface area contributed by atoms with E-state index in [-0.39, 0.29) is 24.5 Å². The van der Waals surface area contributed by atoms with Gasteiger partial charge in [0.2, 0.25) is 11.8 Å². The number of carbonyl (C=O) groups is 2. The standard InChI is InChI=1S/C21H20N2O5/c1-26-14-6-4-13(5-7-14)23-12-21-9-8-16(28-21)17(18(21)20(23)25)19(24)22-11-15-3-2-10-27-15/h2-10,16-18H,11-12H2,1H3,(H,22,24)/t16-,17+,18+,21-/m1/s1. The molecule has 2 amide bonds. The van der Waals surface area contributed by atoms with E-state index in [1.165, 1.54) is 0 Å². The Morgan fingerprint density at radius 2 is 2.14 bits per heavy atom. The minimum Gasteiger partial charge on any atom is -0.497 e. The van der Waals surface area contributed by atoms with Crippen LogP contribution in [0.25, 0.3) is 0 Å². The predicted octanol–water partition coefficient (Wildman–Crippen LogP) is 1.89. The van der Waals surface area contributed by atoms with Crippen LogP contribution in [0.5, 0.6) is 5.75 Å². The molecule has 1 N–H and O–H groups in total. The van der Waals surface area contributed by atoms with E-state index >= 15 is 0 Å². The quantitative estimate of drug-likeness (QED) is 0.802. The third-order valence-electron chi connectivity index (χ3n) is 5.80. The van der Waals surface area contributed by atoms with Crippen LogP contribution in [-0.2, 0) is 20.9 Å². The number of fused-ring (bicyclic) bond motifs is 1. The first kappa shape index (κ1) is 17.1. The molecule has 3 aliphatic rings. The number of nitrogens with one attached hydrogen (secondary N) is 1. The van der Waals surface area contributed by atoms with Crippen molar-refractivity contribution in [1.29, 1.82) is 0 Å². The molecule has 2 aromatic rings. The predicted molar refractivity (Wildman–Crippen MR) is 99.6 cm³/mol. The Hall–Kier alpha value is -3.06. The third kappa shape index (κ3) is 2.46. The number of hydrogen-bond donors (Lipinski definition) is 1. The monoisotopic (exact) mass is 380 g/mol. The number of carbonyl (C=O) groups excluding carboxylic acids is 2. The zero-order valence-electron chi connectivity index (χ0n) is 15.3. The largest absolute Gasteiger partial charge is 0.497 e. The van der Waals surface area contributed by atoms with Gasteiger partial charge in [0.1, 0.15) is 17.1 Å². The number of ether oxygens (including phenoxy) is 2. The van der Waals surface area contributed by atoms with Gasteiger partial charge in [-0.15, -0.1) is 0 Å². The van der Waals surface area contributed by atoms with Crippen LogP contribution in [0.15, 0.2) is 59.2 Å². The molecular weight excluding hydrogens is 360 g/mol. The van der Waals surface area contributed by atoms with E-state index in [9.17, 15) is 9.59 Å². The topological polar surface area (TPSA) is 81.0 Å². The Bertz CT molecular complexity index is 936. The zero-order chi connectivity index (χ0) is 19.3. The fraction of sp³-hybridized carbons (Fsp3) is 0.333. The van der Waals surface area contributed by atoms with Crippen molar-refractivity contribution in [3.8, 4) is 5.75 Å². The van der Waals surface area contributed by atoms with Crippen molar-refractivity contribution in [1.82, 2.24) is 5.32 Å². The molecule has 5 rings (SSSR count). The van der Waals surface area contributed by atoms with Crippen LogP contribution in [0.4, 0.5) is 5.69 Å². The van der Waals surface area contributed by atoms with Crippen molar-refractivity contribution in [2.45, 2.75) is 18.2 Å². The molecule has 1 spiro atoms. The summed E-state index contributed by atoms with van der Waals surface area (Å²) in [5, 5.41) is 2.88. The highest BCUT2D eigenvalue weighted by Gasteiger charge is 2.67. The molecule has 28 heavy (non-hydrogen) atoms. The lowest BCUT2D eigenvalue weighted by atomic mass is 9.77. The van der Waals surface area contributed by atoms with E-state index in [4.69, 9.17) is 13.9 Å². The number of anilines is 1. The van der Waals surface area contributed by atoms with Gasteiger partial charge in [-0.1, -0.05) is 12.2 Å². The Balaban J connectivity index is 1.38. The molecule has 7 heteroatoms. The first-order chi connectivity index (χ1) is 13.6. The highest BCUT2D eigenvalue weighted by molar-refractivity contribution is 6.03. The van der Waals surface area contributed by atoms with Crippen molar-refractivity contribution >= 4 is 17.5 Å². The lowest BCUT2D eigenvalue weighted by molar-refractivity contribution is -0.132. The van der Waals surface area contributed by atoms with Gasteiger partial charge in [-0.25, -0.2) is 0 Å². The van der Waals surface area contributed by atoms with Crippen molar-refractivity contribution in [3.05, 3.63) is 60.6 Å². The smallest absolute Gasteiger partial charge is 0.234 e. The van der Waals surface area contributed by atoms with Crippen LogP contribution in [0.3, 0.4) is 0 Å². The van der Waals surface area contributed by atoms with Gasteiger partial charge in [0, 0.05) is 5.69 Å². The van der Waals surface area contributed by atoms with E-state index in [1.54, 1.807) is 30.4 Å². The number of hydrogen-bond acceptors (Lipinski definition) is 5. The summed E-state index contributed by atoms with van der Waals surface area (Å²) in [5.74, 6) is 0.0379. The summed E-state index contributed by atoms with van der Waals surface area (Å²) in [7, 11) is 1.60. The van der Waals surface area contributed by atoms with Crippen molar-refractivity contribution in [2.75, 3.05) is 18.6 Å². The second kappa shape index (κ2) is 6.24. The maximum Gasteiger partial charge on any atom is 0.234 e. The van der Waals surface area contributed by atoms with E-state index in [0.29, 0.717) is 12.3 Å². The van der Waals surface area contributed by atoms with Gasteiger partial charge >= 0.3 is 0 Å². The van der Waals surface area contributed by atoms with Crippen LogP contribution in [0.2, 0.25) is 0 Å². The van der Waals surface area contributed by atoms with Crippen molar-refractivity contribution in [2.24, 2.45) is 11.8 Å². The number of nitrogens with zero attached hydrogens (tertiary/aromatic N) is 1. The van der Waals surface area contributed by atoms with Crippen LogP contribution < -0.4 is 15.0 Å². The summed E-state index contributed by atoms with van der Waals surface area (Å²) in [5.41, 5.74) is 0.0266. The van der Waals surface area contributed by atoms with E-state index < -0.39 is 17.4 Å². The van der Waals surface area contributed by atoms with Gasteiger partial charge in [-0.2, -0.15) is 0 Å². The summed E-state index contributed by atoms with van der Waals surface area (Å²) in [4.78, 5) is 27.8. The van der Waals surface area contributed by atoms with E-state index in [1.807, 2.05) is 36.4 Å². The van der Waals surface area contributed by atoms with Crippen molar-refractivity contribution < 1.29 is 23.5 Å². The average molecular weight is 380 g/mol. The fourth-order valence-electron chi connectivity index (χ4n) is 4.48. The first-order valence-corrected chi connectivity index (χ1v) is 9.24. The molecule has 2 bridgehead atoms. The summed E-state index contributed by atoms with van der Waals surface area (Å²) in [6.07, 6.45) is 5.04. The van der Waals surface area contributed by atoms with Crippen LogP contribution in [-0.4, -0.2) is 37.2 Å². The van der Waals surface area contributed by atoms with E-state index in [0.717, 1.165) is 11.4 Å². The summed E-state index contributed by atoms with van der Waals surface area (Å²) in [6, 6.07) is 10.9. The summed E-state index contributed by atoms with van der Waals surface area (Å²) < 4.78 is 16.6. The Labute approximate surface area is 161 Å². The Morgan fingerprint density at radius 1 is 1.32 bits per heavy atom. The molecule has 3 aliphatic heterocycles. The molecule has 1 aromatic heterocycles. The van der Waals surface area contributed by atoms with Gasteiger partial charge in [0.05, 0.1) is 44.4 Å². The van der Waals surface area contributed by atoms with Gasteiger partial charge in [0.15, 0.2) is 0 Å². The molecule has 0 unspecified atom stereocenters. The number of amides is 2. The molecule has 7 nitrogen and oxygen atoms in total. The molecule has 0 aliphatic carbocycles. The van der Waals surface area contributed by atoms with Gasteiger partial charge in [0.25, 0.3) is 0 Å². The molecule has 0 saturated carbocycles. The summed E-state index contributed by atoms with van der Waals surface area (Å²) in [6.45, 7) is 0.687. The molecule has 2 saturated heterocycles. The zero-order valence-corrected chi connectivity index (χ0v) is 15.3. The Morgan fingerprint density at radius 3 is 2.86 bits per heavy atom. The van der Waals surface area contributed by atoms with Gasteiger partial charge in [-0.05, 0) is 36.4 Å². The minimum atomic E-state index is -0.742. The van der Waals surface area contributed by atoms with Crippen LogP contribution in [0, 0.1) is 11.8 Å². The highest BCUT2D eigenvalue weighted by atomic mass is 16.5. The van der Waals surface area contributed by atoms with Crippen LogP contribution >= 0.6 is 0 Å². The van der Waals surface area contributed by atoms with Crippen molar-refractivity contribution in [3.63, 3.8) is 0 Å². The van der Waals surface area contributed by atoms with Gasteiger partial charge < -0.3 is 24.1 Å². The number of furan rings is 1. The fourth-order valence-corrected chi connectivity index (χ4v) is 4.48. The molecular formula is C21H20N2O5. The molecule has 4 atom stereocenters. The molecule has 144 valence electrons. The molecule has 2 fully saturated rings. The normalized spacial score (nSPS) is 30.0. The lowest BCUT2D eigenvalue weighted by Gasteiger charge is -2.23. The number of methoxy groups -OCH3 is 1. The third-order valence-corrected chi connectivity index (χ3v) is 5.80. The first-order valence-electron chi connectivity index (χ1n) is 9.24. The maximum absolute atomic E-state index is 13.3. The van der Waals surface area contributed by atoms with E-state index in [2.05, 4.69) is 5.32 Å². The molecule has 1 aromatic carbocycles. The molecule has 4 heterocycles. The minimum absolute atomic E-state index is 0.0878. The SMILES string of the molecule is COc1ccc(N2C[C@@]34C=C[C@@H](O3)[C@H](C(=O)NCc3ccco3)[C@H]4C2=O)cc1. The molecule has 0 radical (unpaired) electrons. The summed E-state index contributed by atoms with van der Waals surface area (Å²) >= 11 is 0.